The second kappa shape index (κ2) is 7.84. The van der Waals surface area contributed by atoms with Gasteiger partial charge in [0.2, 0.25) is 0 Å². The highest BCUT2D eigenvalue weighted by Crippen LogP contribution is 2.32. The molecule has 3 aromatic carbocycles. The lowest BCUT2D eigenvalue weighted by molar-refractivity contribution is 0.0697. The van der Waals surface area contributed by atoms with Crippen molar-refractivity contribution in [3.05, 3.63) is 119 Å². The van der Waals surface area contributed by atoms with Gasteiger partial charge in [-0.2, -0.15) is 0 Å². The number of rotatable bonds is 5. The Morgan fingerprint density at radius 1 is 0.857 bits per heavy atom. The third-order valence-corrected chi connectivity index (χ3v) is 4.65. The molecule has 0 amide bonds. The van der Waals surface area contributed by atoms with Crippen LogP contribution in [0, 0.1) is 0 Å². The van der Waals surface area contributed by atoms with E-state index < -0.39 is 5.97 Å². The summed E-state index contributed by atoms with van der Waals surface area (Å²) in [6.07, 6.45) is 6.29. The molecule has 0 unspecified atom stereocenters. The Labute approximate surface area is 164 Å². The zero-order chi connectivity index (χ0) is 19.3. The van der Waals surface area contributed by atoms with E-state index in [-0.39, 0.29) is 11.6 Å². The molecule has 0 bridgehead atoms. The summed E-state index contributed by atoms with van der Waals surface area (Å²) in [5.74, 6) is -0.926. The van der Waals surface area contributed by atoms with Crippen LogP contribution < -0.4 is 10.4 Å². The van der Waals surface area contributed by atoms with Gasteiger partial charge in [-0.25, -0.2) is 4.79 Å². The van der Waals surface area contributed by atoms with Crippen LogP contribution in [0.3, 0.4) is 0 Å². The molecule has 138 valence electrons. The molecular formula is C24H20N2O2. The Morgan fingerprint density at radius 2 is 1.50 bits per heavy atom. The number of anilines is 1. The van der Waals surface area contributed by atoms with Crippen LogP contribution in [0.4, 0.5) is 5.69 Å². The Hall–Kier alpha value is -3.79. The van der Waals surface area contributed by atoms with E-state index in [1.165, 1.54) is 0 Å². The standard InChI is InChI=1S/C24H20N2O2/c27-24(28)20-12-15-22(16-13-20)26-23(19-9-5-2-6-10-19)17-21(25-26)14-11-18-7-3-1-4-8-18/h1-17,23,25H,(H,27,28)/b14-11+/t23-/m0/s1. The number of hydrazine groups is 1. The van der Waals surface area contributed by atoms with E-state index in [1.54, 1.807) is 12.1 Å². The number of aromatic carboxylic acids is 1. The molecule has 2 N–H and O–H groups in total. The number of hydrogen-bond acceptors (Lipinski definition) is 3. The van der Waals surface area contributed by atoms with E-state index in [0.29, 0.717) is 0 Å². The van der Waals surface area contributed by atoms with Crippen LogP contribution in [0.15, 0.2) is 103 Å². The Bertz CT molecular complexity index is 1010. The van der Waals surface area contributed by atoms with Crippen molar-refractivity contribution in [1.82, 2.24) is 5.43 Å². The molecule has 1 heterocycles. The van der Waals surface area contributed by atoms with Crippen molar-refractivity contribution in [2.75, 3.05) is 5.01 Å². The largest absolute Gasteiger partial charge is 0.478 e. The monoisotopic (exact) mass is 368 g/mol. The van der Waals surface area contributed by atoms with Crippen LogP contribution in [0.25, 0.3) is 6.08 Å². The average Bonchev–Trinajstić information content (AvgIpc) is 3.18. The molecule has 0 fully saturated rings. The topological polar surface area (TPSA) is 52.6 Å². The fourth-order valence-electron chi connectivity index (χ4n) is 3.22. The number of hydrogen-bond donors (Lipinski definition) is 2. The molecule has 0 saturated carbocycles. The smallest absolute Gasteiger partial charge is 0.335 e. The number of allylic oxidation sites excluding steroid dienone is 1. The van der Waals surface area contributed by atoms with E-state index in [4.69, 9.17) is 5.11 Å². The summed E-state index contributed by atoms with van der Waals surface area (Å²) in [5.41, 5.74) is 7.88. The SMILES string of the molecule is O=C(O)c1ccc(N2NC(/C=C/c3ccccc3)=C[C@H]2c2ccccc2)cc1. The summed E-state index contributed by atoms with van der Waals surface area (Å²) >= 11 is 0. The Balaban J connectivity index is 1.64. The maximum absolute atomic E-state index is 11.1. The first kappa shape index (κ1) is 17.6. The maximum Gasteiger partial charge on any atom is 0.335 e. The molecule has 1 aliphatic rings. The molecule has 0 saturated heterocycles. The van der Waals surface area contributed by atoms with Gasteiger partial charge in [0.1, 0.15) is 0 Å². The predicted octanol–water partition coefficient (Wildman–Crippen LogP) is 5.05. The molecule has 4 rings (SSSR count). The number of nitrogens with one attached hydrogen (secondary N) is 1. The van der Waals surface area contributed by atoms with E-state index in [9.17, 15) is 4.79 Å². The first-order chi connectivity index (χ1) is 13.7. The minimum Gasteiger partial charge on any atom is -0.478 e. The van der Waals surface area contributed by atoms with Gasteiger partial charge in [0.05, 0.1) is 23.0 Å². The van der Waals surface area contributed by atoms with Crippen molar-refractivity contribution in [2.24, 2.45) is 0 Å². The second-order valence-corrected chi connectivity index (χ2v) is 6.56. The third kappa shape index (κ3) is 3.81. The molecular weight excluding hydrogens is 348 g/mol. The zero-order valence-electron chi connectivity index (χ0n) is 15.2. The van der Waals surface area contributed by atoms with Crippen molar-refractivity contribution in [3.8, 4) is 0 Å². The van der Waals surface area contributed by atoms with Crippen LogP contribution >= 0.6 is 0 Å². The van der Waals surface area contributed by atoms with Gasteiger partial charge in [0.15, 0.2) is 0 Å². The number of carboxylic acids is 1. The van der Waals surface area contributed by atoms with Gasteiger partial charge in [-0.1, -0.05) is 66.7 Å². The summed E-state index contributed by atoms with van der Waals surface area (Å²) in [6.45, 7) is 0. The van der Waals surface area contributed by atoms with Gasteiger partial charge >= 0.3 is 5.97 Å². The van der Waals surface area contributed by atoms with Gasteiger partial charge in [0, 0.05) is 0 Å². The molecule has 4 nitrogen and oxygen atoms in total. The number of carbonyl (C=O) groups is 1. The van der Waals surface area contributed by atoms with Crippen LogP contribution in [0.2, 0.25) is 0 Å². The van der Waals surface area contributed by atoms with Crippen molar-refractivity contribution in [3.63, 3.8) is 0 Å². The summed E-state index contributed by atoms with van der Waals surface area (Å²) in [5, 5.41) is 11.2. The molecule has 0 spiro atoms. The highest BCUT2D eigenvalue weighted by molar-refractivity contribution is 5.88. The van der Waals surface area contributed by atoms with Crippen LogP contribution in [0.1, 0.15) is 27.5 Å². The van der Waals surface area contributed by atoms with Crippen LogP contribution in [-0.2, 0) is 0 Å². The molecule has 1 atom stereocenters. The quantitative estimate of drug-likeness (QED) is 0.662. The van der Waals surface area contributed by atoms with Crippen molar-refractivity contribution in [2.45, 2.75) is 6.04 Å². The number of benzene rings is 3. The highest BCUT2D eigenvalue weighted by Gasteiger charge is 2.25. The molecule has 0 aromatic heterocycles. The summed E-state index contributed by atoms with van der Waals surface area (Å²) in [4.78, 5) is 11.1. The minimum atomic E-state index is -0.926. The van der Waals surface area contributed by atoms with Crippen LogP contribution in [-0.4, -0.2) is 11.1 Å². The highest BCUT2D eigenvalue weighted by atomic mass is 16.4. The second-order valence-electron chi connectivity index (χ2n) is 6.56. The molecule has 0 radical (unpaired) electrons. The maximum atomic E-state index is 11.1. The molecule has 28 heavy (non-hydrogen) atoms. The fraction of sp³-hybridized carbons (Fsp3) is 0.0417. The third-order valence-electron chi connectivity index (χ3n) is 4.65. The summed E-state index contributed by atoms with van der Waals surface area (Å²) < 4.78 is 0. The first-order valence-corrected chi connectivity index (χ1v) is 9.10. The van der Waals surface area contributed by atoms with E-state index in [2.05, 4.69) is 47.9 Å². The normalized spacial score (nSPS) is 16.1. The molecule has 1 aliphatic heterocycles. The van der Waals surface area contributed by atoms with Gasteiger partial charge in [-0.15, -0.1) is 0 Å². The van der Waals surface area contributed by atoms with Crippen molar-refractivity contribution >= 4 is 17.7 Å². The van der Waals surface area contributed by atoms with E-state index in [0.717, 1.165) is 22.5 Å². The lowest BCUT2D eigenvalue weighted by Gasteiger charge is -2.27. The molecule has 0 aliphatic carbocycles. The van der Waals surface area contributed by atoms with Gasteiger partial charge in [0.25, 0.3) is 0 Å². The summed E-state index contributed by atoms with van der Waals surface area (Å²) in [7, 11) is 0. The lowest BCUT2D eigenvalue weighted by Crippen LogP contribution is -2.34. The molecule has 4 heteroatoms. The van der Waals surface area contributed by atoms with E-state index >= 15 is 0 Å². The fourth-order valence-corrected chi connectivity index (χ4v) is 3.22. The van der Waals surface area contributed by atoms with Crippen molar-refractivity contribution in [1.29, 1.82) is 0 Å². The number of carboxylic acid groups (broad SMARTS) is 1. The van der Waals surface area contributed by atoms with Crippen molar-refractivity contribution < 1.29 is 9.90 Å². The van der Waals surface area contributed by atoms with Crippen LogP contribution in [0.5, 0.6) is 0 Å². The number of nitrogens with zero attached hydrogens (tertiary/aromatic N) is 1. The predicted molar refractivity (Wildman–Crippen MR) is 112 cm³/mol. The van der Waals surface area contributed by atoms with Gasteiger partial charge in [-0.05, 0) is 47.5 Å². The zero-order valence-corrected chi connectivity index (χ0v) is 15.2. The first-order valence-electron chi connectivity index (χ1n) is 9.10. The van der Waals surface area contributed by atoms with Gasteiger partial charge < -0.3 is 5.11 Å². The molecule has 3 aromatic rings. The van der Waals surface area contributed by atoms with E-state index in [1.807, 2.05) is 53.5 Å². The summed E-state index contributed by atoms with van der Waals surface area (Å²) in [6, 6.07) is 27.3. The minimum absolute atomic E-state index is 0.00676. The average molecular weight is 368 g/mol. The Morgan fingerprint density at radius 3 is 2.14 bits per heavy atom. The Kier molecular flexibility index (Phi) is 4.93. The lowest BCUT2D eigenvalue weighted by atomic mass is 10.1. The van der Waals surface area contributed by atoms with Gasteiger partial charge in [-0.3, -0.25) is 10.4 Å².